The van der Waals surface area contributed by atoms with Crippen LogP contribution in [-0.2, 0) is 4.79 Å². The van der Waals surface area contributed by atoms with Gasteiger partial charge >= 0.3 is 0 Å². The molecule has 74 valence electrons. The minimum atomic E-state index is -0.380. The number of hydrogen-bond donors (Lipinski definition) is 2. The summed E-state index contributed by atoms with van der Waals surface area (Å²) in [6.07, 6.45) is 4.01. The van der Waals surface area contributed by atoms with Gasteiger partial charge in [0.2, 0.25) is 5.91 Å². The van der Waals surface area contributed by atoms with Crippen molar-refractivity contribution in [3.8, 4) is 0 Å². The molecule has 3 N–H and O–H groups in total. The van der Waals surface area contributed by atoms with Crippen LogP contribution in [0.1, 0.15) is 19.3 Å². The second kappa shape index (κ2) is 4.81. The van der Waals surface area contributed by atoms with E-state index < -0.39 is 0 Å². The monoisotopic (exact) mass is 185 g/mol. The lowest BCUT2D eigenvalue weighted by Gasteiger charge is -2.20. The molecule has 1 amide bonds. The number of amides is 1. The van der Waals surface area contributed by atoms with E-state index in [2.05, 4.69) is 5.16 Å². The molecule has 1 fully saturated rings. The highest BCUT2D eigenvalue weighted by atomic mass is 16.4. The fourth-order valence-electron chi connectivity index (χ4n) is 1.45. The van der Waals surface area contributed by atoms with E-state index in [-0.39, 0.29) is 11.9 Å². The lowest BCUT2D eigenvalue weighted by atomic mass is 10.1. The average Bonchev–Trinajstić information content (AvgIpc) is 2.28. The third-order valence-corrected chi connectivity index (χ3v) is 2.21. The minimum Gasteiger partial charge on any atom is -0.411 e. The number of nitrogens with two attached hydrogens (primary N) is 1. The standard InChI is InChI=1S/C8H15N3O2/c9-7-3-1-2-5-11(8(7)12)6-4-10-13/h4,7,13H,1-3,5-6,9H2/t7-/m0/s1. The largest absolute Gasteiger partial charge is 0.411 e. The van der Waals surface area contributed by atoms with Crippen LogP contribution >= 0.6 is 0 Å². The molecule has 5 nitrogen and oxygen atoms in total. The molecule has 0 aliphatic carbocycles. The molecule has 1 aliphatic rings. The third-order valence-electron chi connectivity index (χ3n) is 2.21. The van der Waals surface area contributed by atoms with Crippen LogP contribution in [0.5, 0.6) is 0 Å². The van der Waals surface area contributed by atoms with Gasteiger partial charge in [0.1, 0.15) is 0 Å². The summed E-state index contributed by atoms with van der Waals surface area (Å²) in [7, 11) is 0. The third kappa shape index (κ3) is 2.69. The highest BCUT2D eigenvalue weighted by molar-refractivity contribution is 5.84. The molecule has 1 aliphatic heterocycles. The van der Waals surface area contributed by atoms with Crippen molar-refractivity contribution in [1.82, 2.24) is 4.90 Å². The minimum absolute atomic E-state index is 0.0441. The SMILES string of the molecule is N[C@H]1CCCCN(CC=NO)C1=O. The van der Waals surface area contributed by atoms with Crippen LogP contribution in [0, 0.1) is 0 Å². The number of nitrogens with zero attached hydrogens (tertiary/aromatic N) is 2. The van der Waals surface area contributed by atoms with Gasteiger partial charge in [0.05, 0.1) is 18.8 Å². The molecule has 0 aromatic carbocycles. The van der Waals surface area contributed by atoms with Crippen LogP contribution in [0.25, 0.3) is 0 Å². The first kappa shape index (κ1) is 9.98. The first-order chi connectivity index (χ1) is 6.25. The maximum absolute atomic E-state index is 11.5. The average molecular weight is 185 g/mol. The summed E-state index contributed by atoms with van der Waals surface area (Å²) in [6.45, 7) is 1.06. The molecule has 1 rings (SSSR count). The van der Waals surface area contributed by atoms with E-state index in [1.165, 1.54) is 6.21 Å². The molecular formula is C8H15N3O2. The topological polar surface area (TPSA) is 78.9 Å². The quantitative estimate of drug-likeness (QED) is 0.355. The van der Waals surface area contributed by atoms with Crippen LogP contribution in [0.3, 0.4) is 0 Å². The second-order valence-electron chi connectivity index (χ2n) is 3.18. The van der Waals surface area contributed by atoms with E-state index in [0.717, 1.165) is 19.3 Å². The normalized spacial score (nSPS) is 25.2. The molecule has 0 aromatic rings. The summed E-state index contributed by atoms with van der Waals surface area (Å²) in [5.74, 6) is -0.0441. The second-order valence-corrected chi connectivity index (χ2v) is 3.18. The smallest absolute Gasteiger partial charge is 0.239 e. The summed E-state index contributed by atoms with van der Waals surface area (Å²) < 4.78 is 0. The Morgan fingerprint density at radius 3 is 3.15 bits per heavy atom. The lowest BCUT2D eigenvalue weighted by Crippen LogP contribution is -2.43. The van der Waals surface area contributed by atoms with Crippen molar-refractivity contribution in [2.75, 3.05) is 13.1 Å². The summed E-state index contributed by atoms with van der Waals surface area (Å²) in [6, 6.07) is -0.380. The van der Waals surface area contributed by atoms with E-state index in [0.29, 0.717) is 13.1 Å². The van der Waals surface area contributed by atoms with Crippen molar-refractivity contribution in [3.05, 3.63) is 0 Å². The number of rotatable bonds is 2. The molecule has 0 bridgehead atoms. The summed E-state index contributed by atoms with van der Waals surface area (Å²) >= 11 is 0. The Balaban J connectivity index is 2.54. The summed E-state index contributed by atoms with van der Waals surface area (Å²) in [5, 5.41) is 11.1. The van der Waals surface area contributed by atoms with Gasteiger partial charge in [0.15, 0.2) is 0 Å². The van der Waals surface area contributed by atoms with Crippen LogP contribution in [0.4, 0.5) is 0 Å². The zero-order valence-corrected chi connectivity index (χ0v) is 7.52. The molecule has 1 heterocycles. The Bertz CT molecular complexity index is 206. The van der Waals surface area contributed by atoms with E-state index in [1.54, 1.807) is 4.90 Å². The van der Waals surface area contributed by atoms with Crippen molar-refractivity contribution in [3.63, 3.8) is 0 Å². The van der Waals surface area contributed by atoms with Crippen molar-refractivity contribution >= 4 is 12.1 Å². The zero-order valence-electron chi connectivity index (χ0n) is 7.52. The maximum atomic E-state index is 11.5. The predicted molar refractivity (Wildman–Crippen MR) is 48.7 cm³/mol. The van der Waals surface area contributed by atoms with Gasteiger partial charge in [-0.25, -0.2) is 0 Å². The highest BCUT2D eigenvalue weighted by Gasteiger charge is 2.22. The van der Waals surface area contributed by atoms with Gasteiger partial charge in [-0.2, -0.15) is 0 Å². The molecule has 0 radical (unpaired) electrons. The van der Waals surface area contributed by atoms with Crippen LogP contribution in [-0.4, -0.2) is 41.4 Å². The van der Waals surface area contributed by atoms with Gasteiger partial charge in [-0.3, -0.25) is 4.79 Å². The Labute approximate surface area is 77.2 Å². The molecule has 13 heavy (non-hydrogen) atoms. The molecule has 1 atom stereocenters. The van der Waals surface area contributed by atoms with Crippen molar-refractivity contribution < 1.29 is 10.0 Å². The van der Waals surface area contributed by atoms with E-state index >= 15 is 0 Å². The van der Waals surface area contributed by atoms with Gasteiger partial charge in [-0.1, -0.05) is 0 Å². The molecule has 0 aromatic heterocycles. The number of oxime groups is 1. The van der Waals surface area contributed by atoms with Gasteiger partial charge in [-0.15, -0.1) is 5.16 Å². The number of likely N-dealkylation sites (tertiary alicyclic amines) is 1. The zero-order chi connectivity index (χ0) is 9.68. The molecule has 0 saturated carbocycles. The van der Waals surface area contributed by atoms with Crippen molar-refractivity contribution in [2.45, 2.75) is 25.3 Å². The number of carbonyl (C=O) groups excluding carboxylic acids is 1. The highest BCUT2D eigenvalue weighted by Crippen LogP contribution is 2.09. The van der Waals surface area contributed by atoms with Gasteiger partial charge in [-0.05, 0) is 19.3 Å². The molecule has 0 unspecified atom stereocenters. The van der Waals surface area contributed by atoms with Gasteiger partial charge in [0, 0.05) is 6.54 Å². The number of carbonyl (C=O) groups is 1. The van der Waals surface area contributed by atoms with Gasteiger partial charge in [0.25, 0.3) is 0 Å². The van der Waals surface area contributed by atoms with E-state index in [9.17, 15) is 4.79 Å². The number of hydrogen-bond acceptors (Lipinski definition) is 4. The maximum Gasteiger partial charge on any atom is 0.239 e. The molecular weight excluding hydrogens is 170 g/mol. The fraction of sp³-hybridized carbons (Fsp3) is 0.750. The van der Waals surface area contributed by atoms with Gasteiger partial charge < -0.3 is 15.8 Å². The Morgan fingerprint density at radius 1 is 1.69 bits per heavy atom. The predicted octanol–water partition coefficient (Wildman–Crippen LogP) is -0.214. The Morgan fingerprint density at radius 2 is 2.46 bits per heavy atom. The van der Waals surface area contributed by atoms with E-state index in [4.69, 9.17) is 10.9 Å². The summed E-state index contributed by atoms with van der Waals surface area (Å²) in [4.78, 5) is 13.1. The Hall–Kier alpha value is -1.10. The lowest BCUT2D eigenvalue weighted by molar-refractivity contribution is -0.131. The van der Waals surface area contributed by atoms with Crippen molar-refractivity contribution in [2.24, 2.45) is 10.9 Å². The van der Waals surface area contributed by atoms with Crippen LogP contribution in [0.15, 0.2) is 5.16 Å². The van der Waals surface area contributed by atoms with Crippen molar-refractivity contribution in [1.29, 1.82) is 0 Å². The summed E-state index contributed by atoms with van der Waals surface area (Å²) in [5.41, 5.74) is 5.64. The molecule has 0 spiro atoms. The Kier molecular flexibility index (Phi) is 3.70. The molecule has 5 heteroatoms. The first-order valence-electron chi connectivity index (χ1n) is 4.46. The molecule has 1 saturated heterocycles. The van der Waals surface area contributed by atoms with Crippen LogP contribution < -0.4 is 5.73 Å². The first-order valence-corrected chi connectivity index (χ1v) is 4.46. The van der Waals surface area contributed by atoms with E-state index in [1.807, 2.05) is 0 Å². The fourth-order valence-corrected chi connectivity index (χ4v) is 1.45. The van der Waals surface area contributed by atoms with Crippen LogP contribution in [0.2, 0.25) is 0 Å².